The Hall–Kier alpha value is -3.66. The lowest BCUT2D eigenvalue weighted by Crippen LogP contribution is -2.26. The fourth-order valence-corrected chi connectivity index (χ4v) is 5.40. The summed E-state index contributed by atoms with van der Waals surface area (Å²) in [6.07, 6.45) is 3.75. The smallest absolute Gasteiger partial charge is 0.338 e. The quantitative estimate of drug-likeness (QED) is 0.299. The molecule has 1 aliphatic heterocycles. The first kappa shape index (κ1) is 23.1. The van der Waals surface area contributed by atoms with Crippen LogP contribution in [0.25, 0.3) is 10.8 Å². The van der Waals surface area contributed by atoms with Crippen molar-refractivity contribution in [2.75, 3.05) is 0 Å². The van der Waals surface area contributed by atoms with Crippen molar-refractivity contribution in [1.29, 1.82) is 0 Å². The second kappa shape index (κ2) is 9.91. The number of hydrogen-bond acceptors (Lipinski definition) is 2. The highest BCUT2D eigenvalue weighted by Gasteiger charge is 2.30. The van der Waals surface area contributed by atoms with E-state index >= 15 is 0 Å². The zero-order valence-electron chi connectivity index (χ0n) is 19.8. The van der Waals surface area contributed by atoms with Crippen LogP contribution in [0.1, 0.15) is 71.5 Å². The molecular formula is C31H29FO3. The van der Waals surface area contributed by atoms with Crippen molar-refractivity contribution >= 4 is 16.7 Å². The molecule has 3 atom stereocenters. The number of benzene rings is 4. The zero-order valence-corrected chi connectivity index (χ0v) is 19.8. The standard InChI is InChI=1S/C31H29FO3/c1-20(24-14-7-10-21-9-2-3-12-25(21)24)8-6-11-23-19-27(26-13-4-5-15-30(26)35-23)22-16-17-29(32)28(18-22)31(33)34/h2-5,7,9-10,12-18,20,23,27H,6,8,11,19H2,1H3,(H,33,34)/t20-,23+,27+/m0/s1. The summed E-state index contributed by atoms with van der Waals surface area (Å²) in [7, 11) is 0. The number of carbonyl (C=O) groups is 1. The van der Waals surface area contributed by atoms with Crippen molar-refractivity contribution in [2.24, 2.45) is 0 Å². The van der Waals surface area contributed by atoms with Crippen molar-refractivity contribution in [3.05, 3.63) is 113 Å². The highest BCUT2D eigenvalue weighted by molar-refractivity contribution is 5.88. The Bertz CT molecular complexity index is 1360. The number of fused-ring (bicyclic) bond motifs is 2. The number of carboxylic acids is 1. The van der Waals surface area contributed by atoms with Gasteiger partial charge in [-0.2, -0.15) is 0 Å². The maximum atomic E-state index is 14.0. The molecule has 1 heterocycles. The number of halogens is 1. The topological polar surface area (TPSA) is 46.5 Å². The molecule has 0 bridgehead atoms. The van der Waals surface area contributed by atoms with E-state index in [1.807, 2.05) is 24.3 Å². The maximum Gasteiger partial charge on any atom is 0.338 e. The van der Waals surface area contributed by atoms with Crippen molar-refractivity contribution < 1.29 is 19.0 Å². The van der Waals surface area contributed by atoms with Gasteiger partial charge in [-0.3, -0.25) is 0 Å². The largest absolute Gasteiger partial charge is 0.490 e. The van der Waals surface area contributed by atoms with Gasteiger partial charge in [0, 0.05) is 11.5 Å². The Balaban J connectivity index is 1.31. The molecular weight excluding hydrogens is 439 g/mol. The average molecular weight is 469 g/mol. The Kier molecular flexibility index (Phi) is 6.54. The van der Waals surface area contributed by atoms with Gasteiger partial charge in [-0.15, -0.1) is 0 Å². The summed E-state index contributed by atoms with van der Waals surface area (Å²) in [5.41, 5.74) is 2.93. The van der Waals surface area contributed by atoms with Crippen molar-refractivity contribution in [1.82, 2.24) is 0 Å². The van der Waals surface area contributed by atoms with Gasteiger partial charge >= 0.3 is 5.97 Å². The average Bonchev–Trinajstić information content (AvgIpc) is 2.88. The molecule has 0 spiro atoms. The second-order valence-electron chi connectivity index (χ2n) is 9.51. The third kappa shape index (κ3) is 4.79. The van der Waals surface area contributed by atoms with E-state index < -0.39 is 11.8 Å². The van der Waals surface area contributed by atoms with Crippen LogP contribution in [-0.4, -0.2) is 17.2 Å². The van der Waals surface area contributed by atoms with Crippen LogP contribution in [0, 0.1) is 5.82 Å². The Morgan fingerprint density at radius 2 is 1.80 bits per heavy atom. The van der Waals surface area contributed by atoms with E-state index in [0.717, 1.165) is 42.6 Å². The van der Waals surface area contributed by atoms with Gasteiger partial charge in [-0.25, -0.2) is 9.18 Å². The highest BCUT2D eigenvalue weighted by atomic mass is 19.1. The molecule has 4 heteroatoms. The lowest BCUT2D eigenvalue weighted by atomic mass is 9.82. The van der Waals surface area contributed by atoms with E-state index in [4.69, 9.17) is 4.74 Å². The van der Waals surface area contributed by atoms with Crippen LogP contribution in [0.4, 0.5) is 4.39 Å². The first-order valence-corrected chi connectivity index (χ1v) is 12.3. The first-order chi connectivity index (χ1) is 17.0. The predicted molar refractivity (Wildman–Crippen MR) is 137 cm³/mol. The van der Waals surface area contributed by atoms with Crippen LogP contribution in [0.2, 0.25) is 0 Å². The molecule has 0 radical (unpaired) electrons. The Morgan fingerprint density at radius 3 is 2.66 bits per heavy atom. The number of para-hydroxylation sites is 1. The van der Waals surface area contributed by atoms with E-state index in [1.165, 1.54) is 28.5 Å². The predicted octanol–water partition coefficient (Wildman–Crippen LogP) is 7.93. The fourth-order valence-electron chi connectivity index (χ4n) is 5.40. The van der Waals surface area contributed by atoms with E-state index in [2.05, 4.69) is 49.4 Å². The molecule has 5 rings (SSSR count). The van der Waals surface area contributed by atoms with Crippen LogP contribution in [0.3, 0.4) is 0 Å². The normalized spacial score (nSPS) is 18.0. The van der Waals surface area contributed by atoms with Gasteiger partial charge < -0.3 is 9.84 Å². The minimum atomic E-state index is -1.25. The zero-order chi connectivity index (χ0) is 24.4. The fraction of sp³-hybridized carbons (Fsp3) is 0.258. The van der Waals surface area contributed by atoms with Gasteiger partial charge in [0.2, 0.25) is 0 Å². The van der Waals surface area contributed by atoms with Crippen LogP contribution in [0.5, 0.6) is 5.75 Å². The summed E-state index contributed by atoms with van der Waals surface area (Å²) in [6.45, 7) is 2.29. The SMILES string of the molecule is C[C@@H](CCC[C@@H]1C[C@H](c2ccc(F)c(C(=O)O)c2)c2ccccc2O1)c1cccc2ccccc12. The van der Waals surface area contributed by atoms with E-state index in [1.54, 1.807) is 6.07 Å². The summed E-state index contributed by atoms with van der Waals surface area (Å²) in [4.78, 5) is 11.5. The van der Waals surface area contributed by atoms with Crippen molar-refractivity contribution in [3.63, 3.8) is 0 Å². The molecule has 35 heavy (non-hydrogen) atoms. The Labute approximate surface area is 205 Å². The molecule has 0 unspecified atom stereocenters. The molecule has 4 aromatic rings. The molecule has 0 aliphatic carbocycles. The minimum absolute atomic E-state index is 0.0212. The molecule has 0 saturated carbocycles. The number of ether oxygens (including phenoxy) is 1. The number of rotatable bonds is 7. The first-order valence-electron chi connectivity index (χ1n) is 12.3. The number of hydrogen-bond donors (Lipinski definition) is 1. The van der Waals surface area contributed by atoms with Gasteiger partial charge in [0.25, 0.3) is 0 Å². The van der Waals surface area contributed by atoms with Gasteiger partial charge in [-0.1, -0.05) is 73.7 Å². The minimum Gasteiger partial charge on any atom is -0.490 e. The van der Waals surface area contributed by atoms with Crippen LogP contribution in [-0.2, 0) is 0 Å². The maximum absolute atomic E-state index is 14.0. The van der Waals surface area contributed by atoms with Gasteiger partial charge in [0.1, 0.15) is 11.6 Å². The van der Waals surface area contributed by atoms with Gasteiger partial charge in [0.05, 0.1) is 11.7 Å². The Morgan fingerprint density at radius 1 is 1.03 bits per heavy atom. The molecule has 3 nitrogen and oxygen atoms in total. The molecule has 1 aliphatic rings. The van der Waals surface area contributed by atoms with Crippen molar-refractivity contribution in [3.8, 4) is 5.75 Å². The number of carboxylic acid groups (broad SMARTS) is 1. The molecule has 0 fully saturated rings. The third-order valence-electron chi connectivity index (χ3n) is 7.23. The van der Waals surface area contributed by atoms with Crippen LogP contribution in [0.15, 0.2) is 84.9 Å². The summed E-state index contributed by atoms with van der Waals surface area (Å²) >= 11 is 0. The highest BCUT2D eigenvalue weighted by Crippen LogP contribution is 2.42. The van der Waals surface area contributed by atoms with E-state index in [-0.39, 0.29) is 17.6 Å². The molecule has 0 amide bonds. The summed E-state index contributed by atoms with van der Waals surface area (Å²) in [6, 6.07) is 27.4. The second-order valence-corrected chi connectivity index (χ2v) is 9.51. The third-order valence-corrected chi connectivity index (χ3v) is 7.23. The van der Waals surface area contributed by atoms with E-state index in [0.29, 0.717) is 5.92 Å². The molecule has 0 saturated heterocycles. The summed E-state index contributed by atoms with van der Waals surface area (Å²) in [5, 5.41) is 12.0. The molecule has 4 aromatic carbocycles. The van der Waals surface area contributed by atoms with Gasteiger partial charge in [0.15, 0.2) is 0 Å². The summed E-state index contributed by atoms with van der Waals surface area (Å²) < 4.78 is 20.4. The number of aromatic carboxylic acids is 1. The molecule has 0 aromatic heterocycles. The van der Waals surface area contributed by atoms with Crippen LogP contribution < -0.4 is 4.74 Å². The lowest BCUT2D eigenvalue weighted by molar-refractivity contribution is 0.0691. The summed E-state index contributed by atoms with van der Waals surface area (Å²) in [5.74, 6) is -0.719. The van der Waals surface area contributed by atoms with Crippen molar-refractivity contribution in [2.45, 2.75) is 50.5 Å². The molecule has 178 valence electrons. The van der Waals surface area contributed by atoms with E-state index in [9.17, 15) is 14.3 Å². The monoisotopic (exact) mass is 468 g/mol. The lowest BCUT2D eigenvalue weighted by Gasteiger charge is -2.33. The van der Waals surface area contributed by atoms with Gasteiger partial charge in [-0.05, 0) is 71.7 Å². The van der Waals surface area contributed by atoms with Crippen LogP contribution >= 0.6 is 0 Å². The molecule has 1 N–H and O–H groups in total.